The Balaban J connectivity index is 2.08. The van der Waals surface area contributed by atoms with Crippen molar-refractivity contribution in [3.8, 4) is 17.2 Å². The zero-order chi connectivity index (χ0) is 19.4. The normalized spacial score (nSPS) is 11.2. The number of halogens is 1. The van der Waals surface area contributed by atoms with E-state index in [0.717, 1.165) is 12.1 Å². The Morgan fingerprint density at radius 2 is 1.85 bits per heavy atom. The molecule has 27 heavy (non-hydrogen) atoms. The van der Waals surface area contributed by atoms with Gasteiger partial charge < -0.3 is 14.5 Å². The highest BCUT2D eigenvalue weighted by Crippen LogP contribution is 2.32. The van der Waals surface area contributed by atoms with E-state index in [9.17, 15) is 12.8 Å². The molecule has 0 unspecified atom stereocenters. The Labute approximate surface area is 156 Å². The van der Waals surface area contributed by atoms with Crippen LogP contribution in [0.4, 0.5) is 10.3 Å². The van der Waals surface area contributed by atoms with Crippen molar-refractivity contribution in [2.24, 2.45) is 0 Å². The van der Waals surface area contributed by atoms with Crippen molar-refractivity contribution in [2.45, 2.75) is 9.92 Å². The number of rotatable bonds is 7. The van der Waals surface area contributed by atoms with Gasteiger partial charge in [0.25, 0.3) is 0 Å². The molecule has 0 bridgehead atoms. The minimum Gasteiger partial charge on any atom is -0.497 e. The Bertz CT molecular complexity index is 1040. The lowest BCUT2D eigenvalue weighted by molar-refractivity contribution is 0.415. The van der Waals surface area contributed by atoms with E-state index in [1.165, 1.54) is 12.1 Å². The van der Waals surface area contributed by atoms with E-state index in [-0.39, 0.29) is 28.2 Å². The minimum atomic E-state index is -4.01. The predicted molar refractivity (Wildman–Crippen MR) is 99.0 cm³/mol. The third kappa shape index (κ3) is 3.85. The van der Waals surface area contributed by atoms with Crippen LogP contribution in [0, 0.1) is 5.82 Å². The van der Waals surface area contributed by atoms with Gasteiger partial charge in [-0.15, -0.1) is 6.58 Å². The number of ether oxygens (including phenoxy) is 1. The fourth-order valence-corrected chi connectivity index (χ4v) is 3.63. The number of hydrogen-bond donors (Lipinski definition) is 1. The molecule has 0 amide bonds. The van der Waals surface area contributed by atoms with E-state index >= 15 is 0 Å². The summed E-state index contributed by atoms with van der Waals surface area (Å²) in [5, 5.41) is 2.56. The van der Waals surface area contributed by atoms with Gasteiger partial charge in [0.2, 0.25) is 26.6 Å². The Morgan fingerprint density at radius 1 is 1.19 bits per heavy atom. The second-order valence-electron chi connectivity index (χ2n) is 5.51. The summed E-state index contributed by atoms with van der Waals surface area (Å²) in [5.41, 5.74) is 0.581. The number of benzene rings is 2. The molecule has 1 heterocycles. The van der Waals surface area contributed by atoms with Crippen LogP contribution < -0.4 is 10.1 Å². The lowest BCUT2D eigenvalue weighted by Gasteiger charge is -2.04. The molecule has 0 aliphatic rings. The molecule has 2 aromatic carbocycles. The molecule has 0 spiro atoms. The van der Waals surface area contributed by atoms with Gasteiger partial charge in [0, 0.05) is 12.1 Å². The second kappa shape index (κ2) is 7.63. The summed E-state index contributed by atoms with van der Waals surface area (Å²) in [7, 11) is -2.46. The molecular formula is C19H17FN2O4S. The second-order valence-corrected chi connectivity index (χ2v) is 7.37. The van der Waals surface area contributed by atoms with Gasteiger partial charge in [-0.2, -0.15) is 4.98 Å². The Kier molecular flexibility index (Phi) is 5.27. The van der Waals surface area contributed by atoms with E-state index in [1.54, 1.807) is 37.5 Å². The first kappa shape index (κ1) is 18.7. The van der Waals surface area contributed by atoms with Gasteiger partial charge in [-0.3, -0.25) is 0 Å². The van der Waals surface area contributed by atoms with Crippen molar-refractivity contribution >= 4 is 15.7 Å². The van der Waals surface area contributed by atoms with Gasteiger partial charge in [0.05, 0.1) is 12.0 Å². The number of anilines is 1. The molecule has 1 N–H and O–H groups in total. The zero-order valence-corrected chi connectivity index (χ0v) is 15.3. The third-order valence-electron chi connectivity index (χ3n) is 3.72. The van der Waals surface area contributed by atoms with Crippen LogP contribution in [0.15, 0.2) is 75.5 Å². The van der Waals surface area contributed by atoms with Gasteiger partial charge in [0.1, 0.15) is 11.6 Å². The predicted octanol–water partition coefficient (Wildman–Crippen LogP) is 3.92. The van der Waals surface area contributed by atoms with Crippen LogP contribution in [0.2, 0.25) is 0 Å². The van der Waals surface area contributed by atoms with E-state index in [0.29, 0.717) is 11.3 Å². The van der Waals surface area contributed by atoms with Crippen LogP contribution in [0.3, 0.4) is 0 Å². The molecule has 140 valence electrons. The van der Waals surface area contributed by atoms with E-state index in [1.807, 2.05) is 0 Å². The standard InChI is InChI=1S/C19H17FN2O4S/c1-3-12-21-18-19(27(23,24)16-10-6-14(20)7-11-16)22-17(26-18)13-4-8-15(25-2)9-5-13/h3-11,21H,1,12H2,2H3. The molecule has 3 aromatic rings. The van der Waals surface area contributed by atoms with Crippen LogP contribution in [0.5, 0.6) is 5.75 Å². The topological polar surface area (TPSA) is 81.4 Å². The van der Waals surface area contributed by atoms with Gasteiger partial charge in [0.15, 0.2) is 0 Å². The van der Waals surface area contributed by atoms with Crippen molar-refractivity contribution in [1.82, 2.24) is 4.98 Å². The molecular weight excluding hydrogens is 371 g/mol. The first-order chi connectivity index (χ1) is 13.0. The molecule has 0 fully saturated rings. The SMILES string of the molecule is C=CCNc1oc(-c2ccc(OC)cc2)nc1S(=O)(=O)c1ccc(F)cc1. The first-order valence-corrected chi connectivity index (χ1v) is 9.44. The molecule has 1 aromatic heterocycles. The van der Waals surface area contributed by atoms with Crippen LogP contribution in [-0.4, -0.2) is 27.1 Å². The molecule has 0 radical (unpaired) electrons. The molecule has 0 aliphatic heterocycles. The van der Waals surface area contributed by atoms with Crippen molar-refractivity contribution in [3.63, 3.8) is 0 Å². The summed E-state index contributed by atoms with van der Waals surface area (Å²) in [6.07, 6.45) is 1.56. The monoisotopic (exact) mass is 388 g/mol. The number of sulfone groups is 1. The largest absolute Gasteiger partial charge is 0.497 e. The number of oxazole rings is 1. The van der Waals surface area contributed by atoms with Crippen LogP contribution in [0.25, 0.3) is 11.5 Å². The molecule has 0 saturated heterocycles. The van der Waals surface area contributed by atoms with Crippen LogP contribution >= 0.6 is 0 Å². The summed E-state index contributed by atoms with van der Waals surface area (Å²) in [5.74, 6) is 0.238. The fourth-order valence-electron chi connectivity index (χ4n) is 2.35. The minimum absolute atomic E-state index is 0.00922. The van der Waals surface area contributed by atoms with Gasteiger partial charge in [-0.25, -0.2) is 12.8 Å². The maximum Gasteiger partial charge on any atom is 0.234 e. The highest BCUT2D eigenvalue weighted by Gasteiger charge is 2.28. The number of nitrogens with zero attached hydrogens (tertiary/aromatic N) is 1. The number of nitrogens with one attached hydrogen (secondary N) is 1. The molecule has 0 aliphatic carbocycles. The molecule has 6 nitrogen and oxygen atoms in total. The molecule has 8 heteroatoms. The Hall–Kier alpha value is -3.13. The maximum atomic E-state index is 13.1. The smallest absolute Gasteiger partial charge is 0.234 e. The van der Waals surface area contributed by atoms with Crippen molar-refractivity contribution in [3.05, 3.63) is 67.0 Å². The lowest BCUT2D eigenvalue weighted by Crippen LogP contribution is -2.07. The third-order valence-corrected chi connectivity index (χ3v) is 5.40. The summed E-state index contributed by atoms with van der Waals surface area (Å²) in [6.45, 7) is 3.87. The van der Waals surface area contributed by atoms with E-state index < -0.39 is 15.7 Å². The van der Waals surface area contributed by atoms with Gasteiger partial charge in [-0.05, 0) is 48.5 Å². The van der Waals surface area contributed by atoms with Crippen LogP contribution in [-0.2, 0) is 9.84 Å². The van der Waals surface area contributed by atoms with Gasteiger partial charge in [-0.1, -0.05) is 6.08 Å². The number of hydrogen-bond acceptors (Lipinski definition) is 6. The average Bonchev–Trinajstić information content (AvgIpc) is 3.12. The first-order valence-electron chi connectivity index (χ1n) is 7.96. The summed E-state index contributed by atoms with van der Waals surface area (Å²) < 4.78 is 49.8. The molecule has 0 atom stereocenters. The van der Waals surface area contributed by atoms with Crippen molar-refractivity contribution in [1.29, 1.82) is 0 Å². The Morgan fingerprint density at radius 3 is 2.44 bits per heavy atom. The number of aromatic nitrogens is 1. The maximum absolute atomic E-state index is 13.1. The molecule has 3 rings (SSSR count). The van der Waals surface area contributed by atoms with E-state index in [4.69, 9.17) is 9.15 Å². The van der Waals surface area contributed by atoms with E-state index in [2.05, 4.69) is 16.9 Å². The highest BCUT2D eigenvalue weighted by molar-refractivity contribution is 7.91. The quantitative estimate of drug-likeness (QED) is 0.488. The fraction of sp³-hybridized carbons (Fsp3) is 0.105. The lowest BCUT2D eigenvalue weighted by atomic mass is 10.2. The average molecular weight is 388 g/mol. The van der Waals surface area contributed by atoms with Crippen molar-refractivity contribution < 1.29 is 22.0 Å². The van der Waals surface area contributed by atoms with Crippen molar-refractivity contribution in [2.75, 3.05) is 19.0 Å². The number of methoxy groups -OCH3 is 1. The summed E-state index contributed by atoms with van der Waals surface area (Å²) in [6, 6.07) is 11.4. The van der Waals surface area contributed by atoms with Crippen LogP contribution in [0.1, 0.15) is 0 Å². The molecule has 0 saturated carbocycles. The highest BCUT2D eigenvalue weighted by atomic mass is 32.2. The zero-order valence-electron chi connectivity index (χ0n) is 14.5. The summed E-state index contributed by atoms with van der Waals surface area (Å²) >= 11 is 0. The summed E-state index contributed by atoms with van der Waals surface area (Å²) in [4.78, 5) is 4.09. The van der Waals surface area contributed by atoms with Gasteiger partial charge >= 0.3 is 0 Å².